The quantitative estimate of drug-likeness (QED) is 0.334. The zero-order chi connectivity index (χ0) is 23.5. The molecule has 6 heteroatoms. The summed E-state index contributed by atoms with van der Waals surface area (Å²) in [5, 5.41) is 14.9. The molecule has 0 saturated heterocycles. The van der Waals surface area contributed by atoms with E-state index in [4.69, 9.17) is 9.72 Å². The highest BCUT2D eigenvalue weighted by Crippen LogP contribution is 2.27. The van der Waals surface area contributed by atoms with Crippen LogP contribution in [0.4, 0.5) is 0 Å². The molecule has 1 amide bonds. The van der Waals surface area contributed by atoms with Crippen molar-refractivity contribution in [2.24, 2.45) is 0 Å². The summed E-state index contributed by atoms with van der Waals surface area (Å²) in [6, 6.07) is 24.5. The molecule has 0 aliphatic rings. The van der Waals surface area contributed by atoms with Crippen LogP contribution in [0.1, 0.15) is 15.9 Å². The number of aromatic amines is 1. The van der Waals surface area contributed by atoms with E-state index in [9.17, 15) is 9.90 Å². The van der Waals surface area contributed by atoms with Crippen molar-refractivity contribution in [3.05, 3.63) is 96.2 Å². The second-order valence-corrected chi connectivity index (χ2v) is 8.22. The first-order valence-electron chi connectivity index (χ1n) is 11.2. The van der Waals surface area contributed by atoms with Gasteiger partial charge in [0.05, 0.1) is 36.5 Å². The Bertz CT molecular complexity index is 1470. The fraction of sp³-hybridized carbons (Fsp3) is 0.143. The molecule has 1 unspecified atom stereocenters. The number of H-pyrrole nitrogens is 1. The number of fused-ring (bicyclic) bond motifs is 2. The van der Waals surface area contributed by atoms with Crippen LogP contribution in [-0.4, -0.2) is 40.7 Å². The van der Waals surface area contributed by atoms with Gasteiger partial charge in [-0.15, -0.1) is 0 Å². The molecular weight excluding hydrogens is 426 g/mol. The molecular formula is C28H25N3O3. The van der Waals surface area contributed by atoms with Crippen molar-refractivity contribution in [2.75, 3.05) is 13.7 Å². The van der Waals surface area contributed by atoms with E-state index < -0.39 is 6.04 Å². The first kappa shape index (κ1) is 21.7. The van der Waals surface area contributed by atoms with Crippen LogP contribution in [0, 0.1) is 0 Å². The lowest BCUT2D eigenvalue weighted by atomic mass is 10.0. The zero-order valence-electron chi connectivity index (χ0n) is 18.8. The molecule has 0 radical (unpaired) electrons. The molecule has 34 heavy (non-hydrogen) atoms. The summed E-state index contributed by atoms with van der Waals surface area (Å²) >= 11 is 0. The first-order chi connectivity index (χ1) is 16.7. The van der Waals surface area contributed by atoms with Gasteiger partial charge in [-0.05, 0) is 42.3 Å². The van der Waals surface area contributed by atoms with Crippen LogP contribution in [0.3, 0.4) is 0 Å². The Balaban J connectivity index is 1.47. The maximum atomic E-state index is 13.4. The van der Waals surface area contributed by atoms with E-state index in [0.717, 1.165) is 38.7 Å². The third-order valence-corrected chi connectivity index (χ3v) is 6.02. The molecule has 1 atom stereocenters. The molecule has 0 saturated carbocycles. The van der Waals surface area contributed by atoms with Gasteiger partial charge in [-0.1, -0.05) is 48.5 Å². The number of nitrogens with zero attached hydrogens (tertiary/aromatic N) is 1. The number of nitrogens with one attached hydrogen (secondary N) is 2. The Hall–Kier alpha value is -4.16. The number of carbonyl (C=O) groups excluding carboxylic acids is 1. The van der Waals surface area contributed by atoms with E-state index in [1.54, 1.807) is 13.2 Å². The number of aromatic nitrogens is 2. The van der Waals surface area contributed by atoms with Gasteiger partial charge < -0.3 is 20.1 Å². The highest BCUT2D eigenvalue weighted by atomic mass is 16.5. The number of amides is 1. The van der Waals surface area contributed by atoms with E-state index in [1.165, 1.54) is 0 Å². The number of aliphatic hydroxyl groups is 1. The number of para-hydroxylation sites is 2. The molecule has 6 nitrogen and oxygen atoms in total. The summed E-state index contributed by atoms with van der Waals surface area (Å²) in [6.07, 6.45) is 2.44. The Labute approximate surface area is 197 Å². The van der Waals surface area contributed by atoms with Gasteiger partial charge >= 0.3 is 0 Å². The molecule has 0 fully saturated rings. The van der Waals surface area contributed by atoms with E-state index in [1.807, 2.05) is 79.0 Å². The van der Waals surface area contributed by atoms with Crippen LogP contribution in [0.25, 0.3) is 33.1 Å². The predicted molar refractivity (Wildman–Crippen MR) is 134 cm³/mol. The average molecular weight is 452 g/mol. The number of pyridine rings is 1. The molecule has 170 valence electrons. The van der Waals surface area contributed by atoms with Gasteiger partial charge in [0.2, 0.25) is 0 Å². The van der Waals surface area contributed by atoms with Crippen LogP contribution < -0.4 is 10.1 Å². The molecule has 5 rings (SSSR count). The van der Waals surface area contributed by atoms with Gasteiger partial charge in [-0.25, -0.2) is 4.98 Å². The third-order valence-electron chi connectivity index (χ3n) is 6.02. The van der Waals surface area contributed by atoms with Crippen LogP contribution in [0.15, 0.2) is 85.1 Å². The summed E-state index contributed by atoms with van der Waals surface area (Å²) < 4.78 is 5.35. The minimum absolute atomic E-state index is 0.170. The topological polar surface area (TPSA) is 87.2 Å². The second kappa shape index (κ2) is 9.37. The standard InChI is InChI=1S/C28H25N3O3/c1-34-21-8-6-7-18(14-21)27-15-24(23-10-3-5-12-26(23)31-27)28(33)30-20(17-32)13-19-16-29-25-11-4-2-9-22(19)25/h2-12,14-16,20,29,32H,13,17H2,1H3,(H,30,33). The highest BCUT2D eigenvalue weighted by Gasteiger charge is 2.19. The molecule has 3 N–H and O–H groups in total. The maximum absolute atomic E-state index is 13.4. The normalized spacial score (nSPS) is 12.1. The molecule has 0 aliphatic heterocycles. The Kier molecular flexibility index (Phi) is 5.97. The van der Waals surface area contributed by atoms with Crippen molar-refractivity contribution in [3.63, 3.8) is 0 Å². The first-order valence-corrected chi connectivity index (χ1v) is 11.2. The monoisotopic (exact) mass is 451 g/mol. The van der Waals surface area contributed by atoms with Gasteiger partial charge in [0.15, 0.2) is 0 Å². The fourth-order valence-corrected chi connectivity index (χ4v) is 4.28. The Morgan fingerprint density at radius 1 is 1.03 bits per heavy atom. The molecule has 2 aromatic heterocycles. The lowest BCUT2D eigenvalue weighted by molar-refractivity contribution is 0.0918. The van der Waals surface area contributed by atoms with E-state index >= 15 is 0 Å². The number of ether oxygens (including phenoxy) is 1. The largest absolute Gasteiger partial charge is 0.497 e. The fourth-order valence-electron chi connectivity index (χ4n) is 4.28. The van der Waals surface area contributed by atoms with Gasteiger partial charge in [-0.3, -0.25) is 4.79 Å². The number of rotatable bonds is 7. The van der Waals surface area contributed by atoms with Crippen molar-refractivity contribution in [1.29, 1.82) is 0 Å². The minimum Gasteiger partial charge on any atom is -0.497 e. The number of aliphatic hydroxyl groups excluding tert-OH is 1. The Morgan fingerprint density at radius 2 is 1.82 bits per heavy atom. The number of methoxy groups -OCH3 is 1. The summed E-state index contributed by atoms with van der Waals surface area (Å²) in [4.78, 5) is 21.5. The van der Waals surface area contributed by atoms with Gasteiger partial charge in [0.1, 0.15) is 5.75 Å². The lowest BCUT2D eigenvalue weighted by Crippen LogP contribution is -2.39. The summed E-state index contributed by atoms with van der Waals surface area (Å²) in [6.45, 7) is -0.170. The summed E-state index contributed by atoms with van der Waals surface area (Å²) in [7, 11) is 1.62. The number of hydrogen-bond donors (Lipinski definition) is 3. The second-order valence-electron chi connectivity index (χ2n) is 8.22. The molecule has 0 aliphatic carbocycles. The van der Waals surface area contributed by atoms with Gasteiger partial charge in [-0.2, -0.15) is 0 Å². The minimum atomic E-state index is -0.432. The average Bonchev–Trinajstić information content (AvgIpc) is 3.30. The molecule has 3 aromatic carbocycles. The van der Waals surface area contributed by atoms with E-state index in [0.29, 0.717) is 17.7 Å². The molecule has 2 heterocycles. The SMILES string of the molecule is COc1cccc(-c2cc(C(=O)NC(CO)Cc3c[nH]c4ccccc34)c3ccccc3n2)c1. The van der Waals surface area contributed by atoms with Crippen molar-refractivity contribution in [2.45, 2.75) is 12.5 Å². The van der Waals surface area contributed by atoms with Gasteiger partial charge in [0.25, 0.3) is 5.91 Å². The van der Waals surface area contributed by atoms with Crippen LogP contribution in [-0.2, 0) is 6.42 Å². The highest BCUT2D eigenvalue weighted by molar-refractivity contribution is 6.07. The molecule has 5 aromatic rings. The number of benzene rings is 3. The van der Waals surface area contributed by atoms with Crippen LogP contribution in [0.5, 0.6) is 5.75 Å². The molecule has 0 bridgehead atoms. The van der Waals surface area contributed by atoms with Crippen LogP contribution in [0.2, 0.25) is 0 Å². The van der Waals surface area contributed by atoms with Crippen LogP contribution >= 0.6 is 0 Å². The smallest absolute Gasteiger partial charge is 0.252 e. The van der Waals surface area contributed by atoms with Crippen molar-refractivity contribution in [3.8, 4) is 17.0 Å². The van der Waals surface area contributed by atoms with Crippen molar-refractivity contribution in [1.82, 2.24) is 15.3 Å². The van der Waals surface area contributed by atoms with E-state index in [2.05, 4.69) is 10.3 Å². The summed E-state index contributed by atoms with van der Waals surface area (Å²) in [5.74, 6) is 0.471. The van der Waals surface area contributed by atoms with Gasteiger partial charge in [0, 0.05) is 28.0 Å². The third kappa shape index (κ3) is 4.23. The predicted octanol–water partition coefficient (Wildman–Crippen LogP) is 4.73. The number of carbonyl (C=O) groups is 1. The van der Waals surface area contributed by atoms with Crippen molar-refractivity contribution >= 4 is 27.7 Å². The molecule has 0 spiro atoms. The maximum Gasteiger partial charge on any atom is 0.252 e. The number of hydrogen-bond acceptors (Lipinski definition) is 4. The van der Waals surface area contributed by atoms with Crippen molar-refractivity contribution < 1.29 is 14.6 Å². The lowest BCUT2D eigenvalue weighted by Gasteiger charge is -2.17. The Morgan fingerprint density at radius 3 is 2.65 bits per heavy atom. The summed E-state index contributed by atoms with van der Waals surface area (Å²) in [5.41, 5.74) is 4.86. The zero-order valence-corrected chi connectivity index (χ0v) is 18.8. The van der Waals surface area contributed by atoms with E-state index in [-0.39, 0.29) is 12.5 Å².